The number of para-hydroxylation sites is 1. The third kappa shape index (κ3) is 4.84. The molecule has 1 aliphatic rings. The quantitative estimate of drug-likeness (QED) is 0.278. The third-order valence-electron chi connectivity index (χ3n) is 5.30. The predicted octanol–water partition coefficient (Wildman–Crippen LogP) is 6.64. The van der Waals surface area contributed by atoms with E-state index in [4.69, 9.17) is 14.5 Å². The van der Waals surface area contributed by atoms with Crippen molar-refractivity contribution in [3.8, 4) is 22.8 Å². The highest BCUT2D eigenvalue weighted by molar-refractivity contribution is 8.19. The molecule has 5 rings (SSSR count). The van der Waals surface area contributed by atoms with Crippen molar-refractivity contribution in [3.63, 3.8) is 0 Å². The molecule has 1 saturated heterocycles. The Labute approximate surface area is 211 Å². The number of hydrogen-bond acceptors (Lipinski definition) is 7. The van der Waals surface area contributed by atoms with E-state index in [9.17, 15) is 4.79 Å². The fourth-order valence-electron chi connectivity index (χ4n) is 3.57. The number of carbonyl (C=O) groups excluding carboxylic acids is 1. The van der Waals surface area contributed by atoms with Gasteiger partial charge in [0.2, 0.25) is 5.13 Å². The lowest BCUT2D eigenvalue weighted by molar-refractivity contribution is -0.113. The highest BCUT2D eigenvalue weighted by Crippen LogP contribution is 2.39. The van der Waals surface area contributed by atoms with Gasteiger partial charge in [0, 0.05) is 22.6 Å². The van der Waals surface area contributed by atoms with Gasteiger partial charge in [-0.15, -0.1) is 11.3 Å². The van der Waals surface area contributed by atoms with Crippen molar-refractivity contribution in [2.24, 2.45) is 4.99 Å². The van der Waals surface area contributed by atoms with Gasteiger partial charge in [-0.1, -0.05) is 48.5 Å². The molecule has 4 aromatic rings. The Balaban J connectivity index is 1.54. The van der Waals surface area contributed by atoms with Crippen LogP contribution >= 0.6 is 23.1 Å². The largest absolute Gasteiger partial charge is 0.497 e. The van der Waals surface area contributed by atoms with Gasteiger partial charge >= 0.3 is 0 Å². The average Bonchev–Trinajstić information content (AvgIpc) is 3.49. The van der Waals surface area contributed by atoms with E-state index in [-0.39, 0.29) is 5.91 Å². The smallest absolute Gasteiger partial charge is 0.271 e. The summed E-state index contributed by atoms with van der Waals surface area (Å²) in [6.45, 7) is 0. The molecule has 2 heterocycles. The monoisotopic (exact) mass is 499 g/mol. The average molecular weight is 500 g/mol. The zero-order valence-corrected chi connectivity index (χ0v) is 20.7. The Kier molecular flexibility index (Phi) is 6.65. The van der Waals surface area contributed by atoms with Crippen LogP contribution in [0.2, 0.25) is 0 Å². The molecule has 1 aromatic heterocycles. The molecule has 3 aromatic carbocycles. The molecule has 1 aliphatic heterocycles. The number of thioether (sulfide) groups is 1. The fraction of sp³-hybridized carbons (Fsp3) is 0.0741. The number of carbonyl (C=O) groups is 1. The summed E-state index contributed by atoms with van der Waals surface area (Å²) < 4.78 is 10.8. The first-order valence-corrected chi connectivity index (χ1v) is 12.5. The van der Waals surface area contributed by atoms with Crippen LogP contribution in [0.25, 0.3) is 17.3 Å². The minimum Gasteiger partial charge on any atom is -0.497 e. The second-order valence-electron chi connectivity index (χ2n) is 7.47. The van der Waals surface area contributed by atoms with Crippen molar-refractivity contribution < 1.29 is 14.3 Å². The SMILES string of the molecule is COc1ccc(/C=C2\S/C(=N/c3nc(-c4ccccc4)cs3)N(c3ccccc3)C2=O)c(OC)c1. The molecule has 1 fully saturated rings. The first-order valence-electron chi connectivity index (χ1n) is 10.8. The number of nitrogens with zero attached hydrogens (tertiary/aromatic N) is 3. The second kappa shape index (κ2) is 10.2. The zero-order chi connectivity index (χ0) is 24.2. The van der Waals surface area contributed by atoms with E-state index < -0.39 is 0 Å². The molecular weight excluding hydrogens is 478 g/mol. The lowest BCUT2D eigenvalue weighted by Gasteiger charge is -2.15. The maximum Gasteiger partial charge on any atom is 0.271 e. The molecule has 0 unspecified atom stereocenters. The molecule has 8 heteroatoms. The number of amides is 1. The molecule has 0 spiro atoms. The fourth-order valence-corrected chi connectivity index (χ4v) is 5.30. The Morgan fingerprint density at radius 3 is 2.40 bits per heavy atom. The van der Waals surface area contributed by atoms with Crippen molar-refractivity contribution >= 4 is 51.1 Å². The van der Waals surface area contributed by atoms with Gasteiger partial charge in [0.05, 0.1) is 30.5 Å². The molecule has 174 valence electrons. The van der Waals surface area contributed by atoms with Gasteiger partial charge < -0.3 is 9.47 Å². The summed E-state index contributed by atoms with van der Waals surface area (Å²) in [5.41, 5.74) is 3.40. The standard InChI is InChI=1S/C27H21N3O3S2/c1-32-21-14-13-19(23(16-21)33-2)15-24-25(31)30(20-11-7-4-8-12-20)27(35-24)29-26-28-22(17-34-26)18-9-5-3-6-10-18/h3-17H,1-2H3/b24-15-,29-27+. The number of amidine groups is 1. The number of anilines is 1. The van der Waals surface area contributed by atoms with Crippen molar-refractivity contribution in [1.29, 1.82) is 0 Å². The number of ether oxygens (including phenoxy) is 2. The van der Waals surface area contributed by atoms with Crippen LogP contribution in [0.15, 0.2) is 94.1 Å². The second-order valence-corrected chi connectivity index (χ2v) is 9.32. The molecule has 35 heavy (non-hydrogen) atoms. The number of hydrogen-bond donors (Lipinski definition) is 0. The van der Waals surface area contributed by atoms with Crippen LogP contribution in [0.4, 0.5) is 10.8 Å². The molecule has 0 aliphatic carbocycles. The van der Waals surface area contributed by atoms with Crippen molar-refractivity contribution in [3.05, 3.63) is 94.7 Å². The van der Waals surface area contributed by atoms with Crippen molar-refractivity contribution in [1.82, 2.24) is 4.98 Å². The van der Waals surface area contributed by atoms with Gasteiger partial charge in [-0.3, -0.25) is 9.69 Å². The van der Waals surface area contributed by atoms with Gasteiger partial charge in [-0.25, -0.2) is 4.98 Å². The Morgan fingerprint density at radius 1 is 0.943 bits per heavy atom. The van der Waals surface area contributed by atoms with Gasteiger partial charge in [0.1, 0.15) is 11.5 Å². The minimum atomic E-state index is -0.155. The molecule has 0 radical (unpaired) electrons. The number of rotatable bonds is 6. The lowest BCUT2D eigenvalue weighted by Crippen LogP contribution is -2.28. The van der Waals surface area contributed by atoms with Crippen LogP contribution < -0.4 is 14.4 Å². The highest BCUT2D eigenvalue weighted by atomic mass is 32.2. The summed E-state index contributed by atoms with van der Waals surface area (Å²) in [7, 11) is 3.20. The summed E-state index contributed by atoms with van der Waals surface area (Å²) in [5.74, 6) is 1.15. The Hall–Kier alpha value is -3.88. The molecule has 6 nitrogen and oxygen atoms in total. The Morgan fingerprint density at radius 2 is 1.69 bits per heavy atom. The first-order chi connectivity index (χ1) is 17.2. The highest BCUT2D eigenvalue weighted by Gasteiger charge is 2.35. The van der Waals surface area contributed by atoms with Gasteiger partial charge in [-0.2, -0.15) is 4.99 Å². The molecule has 0 bridgehead atoms. The summed E-state index contributed by atoms with van der Waals surface area (Å²) >= 11 is 2.75. The number of methoxy groups -OCH3 is 2. The van der Waals surface area contributed by atoms with Gasteiger partial charge in [-0.05, 0) is 42.1 Å². The Bertz CT molecular complexity index is 1420. The van der Waals surface area contributed by atoms with Crippen LogP contribution in [-0.4, -0.2) is 30.3 Å². The van der Waals surface area contributed by atoms with E-state index in [1.807, 2.05) is 84.3 Å². The van der Waals surface area contributed by atoms with E-state index in [0.29, 0.717) is 26.7 Å². The van der Waals surface area contributed by atoms with Crippen molar-refractivity contribution in [2.75, 3.05) is 19.1 Å². The maximum absolute atomic E-state index is 13.5. The number of benzene rings is 3. The molecule has 0 atom stereocenters. The van der Waals surface area contributed by atoms with E-state index in [1.165, 1.54) is 23.1 Å². The maximum atomic E-state index is 13.5. The van der Waals surface area contributed by atoms with E-state index in [1.54, 1.807) is 25.2 Å². The first kappa shape index (κ1) is 22.9. The molecule has 1 amide bonds. The van der Waals surface area contributed by atoms with E-state index in [2.05, 4.69) is 4.98 Å². The van der Waals surface area contributed by atoms with Crippen LogP contribution in [0.5, 0.6) is 11.5 Å². The van der Waals surface area contributed by atoms with Crippen LogP contribution in [0.1, 0.15) is 5.56 Å². The number of thiazole rings is 1. The van der Waals surface area contributed by atoms with E-state index in [0.717, 1.165) is 22.5 Å². The van der Waals surface area contributed by atoms with Crippen LogP contribution in [-0.2, 0) is 4.79 Å². The van der Waals surface area contributed by atoms with Gasteiger partial charge in [0.25, 0.3) is 5.91 Å². The summed E-state index contributed by atoms with van der Waals surface area (Å²) in [6, 6.07) is 25.0. The zero-order valence-electron chi connectivity index (χ0n) is 19.0. The summed E-state index contributed by atoms with van der Waals surface area (Å²) in [5, 5.41) is 3.11. The minimum absolute atomic E-state index is 0.155. The van der Waals surface area contributed by atoms with Crippen LogP contribution in [0, 0.1) is 0 Å². The normalized spacial score (nSPS) is 15.7. The number of aromatic nitrogens is 1. The summed E-state index contributed by atoms with van der Waals surface area (Å²) in [4.78, 5) is 25.1. The van der Waals surface area contributed by atoms with Crippen LogP contribution in [0.3, 0.4) is 0 Å². The molecule has 0 N–H and O–H groups in total. The third-order valence-corrected chi connectivity index (χ3v) is 7.00. The van der Waals surface area contributed by atoms with Crippen molar-refractivity contribution in [2.45, 2.75) is 0 Å². The summed E-state index contributed by atoms with van der Waals surface area (Å²) in [6.07, 6.45) is 1.82. The molecular formula is C27H21N3O3S2. The number of aliphatic imine (C=N–C) groups is 1. The predicted molar refractivity (Wildman–Crippen MR) is 144 cm³/mol. The topological polar surface area (TPSA) is 64.0 Å². The van der Waals surface area contributed by atoms with Gasteiger partial charge in [0.15, 0.2) is 5.17 Å². The molecule has 0 saturated carbocycles. The lowest BCUT2D eigenvalue weighted by atomic mass is 10.1. The van der Waals surface area contributed by atoms with E-state index >= 15 is 0 Å².